The molecule has 3 heterocycles. The van der Waals surface area contributed by atoms with Crippen molar-refractivity contribution in [3.63, 3.8) is 0 Å². The van der Waals surface area contributed by atoms with Gasteiger partial charge in [0.2, 0.25) is 5.91 Å². The van der Waals surface area contributed by atoms with Crippen LogP contribution in [0.2, 0.25) is 0 Å². The van der Waals surface area contributed by atoms with Gasteiger partial charge in [-0.3, -0.25) is 9.78 Å². The van der Waals surface area contributed by atoms with Crippen molar-refractivity contribution < 1.29 is 4.79 Å². The highest BCUT2D eigenvalue weighted by atomic mass is 16.2. The second kappa shape index (κ2) is 7.95. The average molecular weight is 392 g/mol. The maximum Gasteiger partial charge on any atom is 0.224 e. The van der Waals surface area contributed by atoms with Gasteiger partial charge in [-0.25, -0.2) is 4.98 Å². The van der Waals surface area contributed by atoms with E-state index in [1.54, 1.807) is 19.3 Å². The Labute approximate surface area is 172 Å². The molecule has 0 spiro atoms. The third-order valence-corrected chi connectivity index (χ3v) is 6.17. The molecule has 1 aromatic heterocycles. The van der Waals surface area contributed by atoms with E-state index in [1.165, 1.54) is 11.1 Å². The Kier molecular flexibility index (Phi) is 5.37. The van der Waals surface area contributed by atoms with Crippen LogP contribution in [0.15, 0.2) is 36.7 Å². The van der Waals surface area contributed by atoms with Gasteiger partial charge >= 0.3 is 0 Å². The average Bonchev–Trinajstić information content (AvgIpc) is 2.73. The molecule has 152 valence electrons. The van der Waals surface area contributed by atoms with Crippen molar-refractivity contribution in [1.82, 2.24) is 15.3 Å². The topological polar surface area (TPSA) is 70.2 Å². The summed E-state index contributed by atoms with van der Waals surface area (Å²) in [5.41, 5.74) is 5.62. The first-order valence-electron chi connectivity index (χ1n) is 10.3. The van der Waals surface area contributed by atoms with Crippen molar-refractivity contribution in [2.45, 2.75) is 46.2 Å². The summed E-state index contributed by atoms with van der Waals surface area (Å²) >= 11 is 0. The fourth-order valence-electron chi connectivity index (χ4n) is 4.42. The number of aromatic nitrogens is 2. The molecule has 0 aliphatic carbocycles. The van der Waals surface area contributed by atoms with E-state index in [9.17, 15) is 4.79 Å². The number of anilines is 2. The molecular formula is C23H29N5O. The zero-order chi connectivity index (χ0) is 20.5. The normalized spacial score (nSPS) is 23.9. The molecule has 0 radical (unpaired) electrons. The van der Waals surface area contributed by atoms with E-state index in [0.29, 0.717) is 0 Å². The minimum Gasteiger partial charge on any atom is -0.362 e. The molecule has 2 aromatic rings. The zero-order valence-corrected chi connectivity index (χ0v) is 17.6. The largest absolute Gasteiger partial charge is 0.362 e. The fraction of sp³-hybridized carbons (Fsp3) is 0.435. The minimum atomic E-state index is 0.0508. The lowest BCUT2D eigenvalue weighted by atomic mass is 9.81. The molecule has 0 saturated heterocycles. The first-order valence-corrected chi connectivity index (χ1v) is 10.3. The number of fused-ring (bicyclic) bond motifs is 1. The number of carbonyl (C=O) groups excluding carboxylic acids is 1. The van der Waals surface area contributed by atoms with Crippen LogP contribution in [0.4, 0.5) is 11.5 Å². The van der Waals surface area contributed by atoms with E-state index in [-0.39, 0.29) is 23.9 Å². The Morgan fingerprint density at radius 2 is 2.07 bits per heavy atom. The van der Waals surface area contributed by atoms with Crippen LogP contribution in [0, 0.1) is 12.8 Å². The van der Waals surface area contributed by atoms with Gasteiger partial charge in [-0.05, 0) is 55.6 Å². The third kappa shape index (κ3) is 3.77. The van der Waals surface area contributed by atoms with Crippen LogP contribution in [0.1, 0.15) is 50.1 Å². The maximum absolute atomic E-state index is 12.5. The zero-order valence-electron chi connectivity index (χ0n) is 17.6. The molecule has 0 fully saturated rings. The van der Waals surface area contributed by atoms with E-state index in [1.807, 2.05) is 11.8 Å². The number of hydrogen-bond donors (Lipinski definition) is 2. The lowest BCUT2D eigenvalue weighted by molar-refractivity contribution is -0.117. The smallest absolute Gasteiger partial charge is 0.224 e. The summed E-state index contributed by atoms with van der Waals surface area (Å²) in [5, 5.41) is 6.96. The number of aryl methyl sites for hydroxylation is 1. The molecular weight excluding hydrogens is 362 g/mol. The molecule has 0 saturated carbocycles. The summed E-state index contributed by atoms with van der Waals surface area (Å²) in [6.45, 7) is 9.79. The lowest BCUT2D eigenvalue weighted by Gasteiger charge is -2.44. The van der Waals surface area contributed by atoms with E-state index < -0.39 is 0 Å². The number of benzene rings is 1. The summed E-state index contributed by atoms with van der Waals surface area (Å²) < 4.78 is 0. The van der Waals surface area contributed by atoms with Crippen LogP contribution in [0.25, 0.3) is 5.57 Å². The highest BCUT2D eigenvalue weighted by Gasteiger charge is 2.38. The van der Waals surface area contributed by atoms with Crippen molar-refractivity contribution in [2.75, 3.05) is 23.3 Å². The van der Waals surface area contributed by atoms with E-state index >= 15 is 0 Å². The van der Waals surface area contributed by atoms with Gasteiger partial charge in [0.05, 0.1) is 24.1 Å². The molecule has 2 N–H and O–H groups in total. The van der Waals surface area contributed by atoms with Crippen molar-refractivity contribution in [2.24, 2.45) is 5.92 Å². The van der Waals surface area contributed by atoms with Crippen LogP contribution in [-0.4, -0.2) is 35.0 Å². The van der Waals surface area contributed by atoms with Gasteiger partial charge in [0.1, 0.15) is 5.82 Å². The van der Waals surface area contributed by atoms with Gasteiger partial charge in [0.15, 0.2) is 0 Å². The summed E-state index contributed by atoms with van der Waals surface area (Å²) in [6.07, 6.45) is 6.83. The molecule has 4 rings (SSSR count). The molecule has 29 heavy (non-hydrogen) atoms. The van der Waals surface area contributed by atoms with Crippen LogP contribution >= 0.6 is 0 Å². The van der Waals surface area contributed by atoms with Crippen LogP contribution in [0.5, 0.6) is 0 Å². The first kappa shape index (κ1) is 19.6. The molecule has 2 aliphatic rings. The van der Waals surface area contributed by atoms with Gasteiger partial charge in [-0.1, -0.05) is 19.1 Å². The van der Waals surface area contributed by atoms with Gasteiger partial charge in [0.25, 0.3) is 0 Å². The van der Waals surface area contributed by atoms with E-state index in [2.05, 4.69) is 58.7 Å². The molecule has 0 unspecified atom stereocenters. The Morgan fingerprint density at radius 1 is 1.24 bits per heavy atom. The van der Waals surface area contributed by atoms with Crippen molar-refractivity contribution in [1.29, 1.82) is 0 Å². The Hall–Kier alpha value is -2.73. The molecule has 1 amide bonds. The van der Waals surface area contributed by atoms with Crippen LogP contribution < -0.4 is 15.5 Å². The van der Waals surface area contributed by atoms with E-state index in [4.69, 9.17) is 0 Å². The fourth-order valence-corrected chi connectivity index (χ4v) is 4.42. The van der Waals surface area contributed by atoms with Crippen molar-refractivity contribution >= 4 is 23.0 Å². The van der Waals surface area contributed by atoms with Crippen LogP contribution in [-0.2, 0) is 4.79 Å². The summed E-state index contributed by atoms with van der Waals surface area (Å²) in [7, 11) is 0. The predicted molar refractivity (Wildman–Crippen MR) is 117 cm³/mol. The van der Waals surface area contributed by atoms with Crippen LogP contribution in [0.3, 0.4) is 0 Å². The third-order valence-electron chi connectivity index (χ3n) is 6.17. The summed E-state index contributed by atoms with van der Waals surface area (Å²) in [6, 6.07) is 6.64. The lowest BCUT2D eigenvalue weighted by Crippen LogP contribution is -2.48. The van der Waals surface area contributed by atoms with Gasteiger partial charge < -0.3 is 15.5 Å². The predicted octanol–water partition coefficient (Wildman–Crippen LogP) is 3.71. The SMILES string of the molecule is CC(=O)N1c2ccc(C3=CCNCC3)cc2[C@H](Nc2cnc(C)cn2)[C@@H](C)[C@@H]1C. The minimum absolute atomic E-state index is 0.0508. The number of carbonyl (C=O) groups is 1. The molecule has 6 heteroatoms. The Morgan fingerprint density at radius 3 is 2.72 bits per heavy atom. The first-order chi connectivity index (χ1) is 14.0. The molecule has 0 bridgehead atoms. The van der Waals surface area contributed by atoms with Crippen molar-refractivity contribution in [3.05, 3.63) is 53.5 Å². The van der Waals surface area contributed by atoms with Crippen molar-refractivity contribution in [3.8, 4) is 0 Å². The molecule has 3 atom stereocenters. The summed E-state index contributed by atoms with van der Waals surface area (Å²) in [5.74, 6) is 1.05. The van der Waals surface area contributed by atoms with Gasteiger partial charge in [0, 0.05) is 31.1 Å². The Bertz CT molecular complexity index is 937. The van der Waals surface area contributed by atoms with Gasteiger partial charge in [-0.15, -0.1) is 0 Å². The number of hydrogen-bond acceptors (Lipinski definition) is 5. The number of rotatable bonds is 3. The number of nitrogens with zero attached hydrogens (tertiary/aromatic N) is 3. The number of nitrogens with one attached hydrogen (secondary N) is 2. The quantitative estimate of drug-likeness (QED) is 0.835. The second-order valence-corrected chi connectivity index (χ2v) is 8.11. The van der Waals surface area contributed by atoms with E-state index in [0.717, 1.165) is 42.3 Å². The molecule has 6 nitrogen and oxygen atoms in total. The standard InChI is InChI=1S/C23H29N5O/c1-14-12-26-22(13-25-14)27-23-15(2)16(3)28(17(4)29)21-6-5-19(11-20(21)23)18-7-9-24-10-8-18/h5-7,11-13,15-16,23-24H,8-10H2,1-4H3,(H,26,27)/t15-,16-,23+/m0/s1. The Balaban J connectivity index is 1.78. The summed E-state index contributed by atoms with van der Waals surface area (Å²) in [4.78, 5) is 23.3. The highest BCUT2D eigenvalue weighted by Crippen LogP contribution is 2.43. The molecule has 1 aromatic carbocycles. The maximum atomic E-state index is 12.5. The second-order valence-electron chi connectivity index (χ2n) is 8.11. The number of amides is 1. The molecule has 2 aliphatic heterocycles. The monoisotopic (exact) mass is 391 g/mol. The van der Waals surface area contributed by atoms with Gasteiger partial charge in [-0.2, -0.15) is 0 Å². The highest BCUT2D eigenvalue weighted by molar-refractivity contribution is 5.94.